The molecule has 0 atom stereocenters. The fourth-order valence-corrected chi connectivity index (χ4v) is 3.22. The average molecular weight is 398 g/mol. The molecule has 0 aliphatic carbocycles. The van der Waals surface area contributed by atoms with Crippen molar-refractivity contribution < 1.29 is 4.74 Å². The fourth-order valence-electron chi connectivity index (χ4n) is 3.22. The maximum atomic E-state index is 5.13. The topological polar surface area (TPSA) is 95.9 Å². The van der Waals surface area contributed by atoms with Crippen molar-refractivity contribution in [2.24, 2.45) is 7.05 Å². The Hall–Kier alpha value is -4.14. The van der Waals surface area contributed by atoms with Crippen molar-refractivity contribution in [2.45, 2.75) is 6.42 Å². The van der Waals surface area contributed by atoms with E-state index in [1.807, 2.05) is 49.6 Å². The second kappa shape index (κ2) is 7.36. The zero-order chi connectivity index (χ0) is 20.5. The Kier molecular flexibility index (Phi) is 4.40. The molecule has 9 heteroatoms. The number of aryl methyl sites for hydroxylation is 1. The van der Waals surface area contributed by atoms with Gasteiger partial charge in [0.25, 0.3) is 0 Å². The van der Waals surface area contributed by atoms with Crippen molar-refractivity contribution in [1.82, 2.24) is 39.6 Å². The smallest absolute Gasteiger partial charge is 0.177 e. The Morgan fingerprint density at radius 3 is 2.60 bits per heavy atom. The van der Waals surface area contributed by atoms with Gasteiger partial charge in [0.2, 0.25) is 0 Å². The SMILES string of the molecule is COc1cnc(-c2cccc(Cc3nnc4ccc(-c5cnn(C)c5)nn34)c2)nc1. The van der Waals surface area contributed by atoms with Crippen LogP contribution in [-0.2, 0) is 13.5 Å². The second-order valence-electron chi connectivity index (χ2n) is 6.83. The summed E-state index contributed by atoms with van der Waals surface area (Å²) in [6, 6.07) is 11.9. The molecular weight excluding hydrogens is 380 g/mol. The third-order valence-electron chi connectivity index (χ3n) is 4.74. The van der Waals surface area contributed by atoms with Gasteiger partial charge in [-0.05, 0) is 23.8 Å². The minimum absolute atomic E-state index is 0.578. The highest BCUT2D eigenvalue weighted by Crippen LogP contribution is 2.20. The molecule has 5 aromatic rings. The fraction of sp³-hybridized carbons (Fsp3) is 0.143. The van der Waals surface area contributed by atoms with Gasteiger partial charge in [-0.2, -0.15) is 14.7 Å². The molecule has 4 aromatic heterocycles. The minimum atomic E-state index is 0.578. The Bertz CT molecular complexity index is 1320. The van der Waals surface area contributed by atoms with Crippen LogP contribution < -0.4 is 4.74 Å². The number of fused-ring (bicyclic) bond motifs is 1. The molecule has 0 saturated carbocycles. The first-order chi connectivity index (χ1) is 14.7. The van der Waals surface area contributed by atoms with E-state index in [0.717, 1.165) is 28.2 Å². The molecule has 0 amide bonds. The largest absolute Gasteiger partial charge is 0.494 e. The third-order valence-corrected chi connectivity index (χ3v) is 4.74. The lowest BCUT2D eigenvalue weighted by molar-refractivity contribution is 0.411. The van der Waals surface area contributed by atoms with Gasteiger partial charge in [-0.1, -0.05) is 18.2 Å². The van der Waals surface area contributed by atoms with Crippen LogP contribution in [0, 0.1) is 0 Å². The predicted molar refractivity (Wildman–Crippen MR) is 110 cm³/mol. The van der Waals surface area contributed by atoms with E-state index >= 15 is 0 Å². The molecule has 0 unspecified atom stereocenters. The van der Waals surface area contributed by atoms with Gasteiger partial charge < -0.3 is 4.74 Å². The van der Waals surface area contributed by atoms with Gasteiger partial charge in [-0.3, -0.25) is 4.68 Å². The van der Waals surface area contributed by atoms with Crippen molar-refractivity contribution in [2.75, 3.05) is 7.11 Å². The molecule has 5 rings (SSSR count). The monoisotopic (exact) mass is 398 g/mol. The maximum absolute atomic E-state index is 5.13. The summed E-state index contributed by atoms with van der Waals surface area (Å²) in [7, 11) is 3.47. The van der Waals surface area contributed by atoms with Gasteiger partial charge in [-0.25, -0.2) is 9.97 Å². The second-order valence-corrected chi connectivity index (χ2v) is 6.83. The molecule has 0 N–H and O–H groups in total. The van der Waals surface area contributed by atoms with Gasteiger partial charge in [0.05, 0.1) is 31.4 Å². The van der Waals surface area contributed by atoms with E-state index in [1.54, 1.807) is 34.9 Å². The van der Waals surface area contributed by atoms with Crippen LogP contribution in [0.1, 0.15) is 11.4 Å². The number of ether oxygens (including phenoxy) is 1. The van der Waals surface area contributed by atoms with Crippen LogP contribution >= 0.6 is 0 Å². The summed E-state index contributed by atoms with van der Waals surface area (Å²) >= 11 is 0. The van der Waals surface area contributed by atoms with E-state index in [2.05, 4.69) is 25.3 Å². The molecule has 9 nitrogen and oxygen atoms in total. The van der Waals surface area contributed by atoms with E-state index in [0.29, 0.717) is 23.6 Å². The van der Waals surface area contributed by atoms with Gasteiger partial charge in [0, 0.05) is 30.8 Å². The maximum Gasteiger partial charge on any atom is 0.177 e. The van der Waals surface area contributed by atoms with E-state index < -0.39 is 0 Å². The Labute approximate surface area is 172 Å². The summed E-state index contributed by atoms with van der Waals surface area (Å²) in [6.45, 7) is 0. The van der Waals surface area contributed by atoms with Crippen LogP contribution in [0.3, 0.4) is 0 Å². The first-order valence-corrected chi connectivity index (χ1v) is 9.35. The zero-order valence-electron chi connectivity index (χ0n) is 16.5. The summed E-state index contributed by atoms with van der Waals surface area (Å²) in [5, 5.41) is 17.5. The summed E-state index contributed by atoms with van der Waals surface area (Å²) in [4.78, 5) is 8.73. The molecule has 148 valence electrons. The quantitative estimate of drug-likeness (QED) is 0.449. The summed E-state index contributed by atoms with van der Waals surface area (Å²) < 4.78 is 8.66. The van der Waals surface area contributed by atoms with E-state index in [-0.39, 0.29) is 0 Å². The lowest BCUT2D eigenvalue weighted by Gasteiger charge is -2.05. The number of hydrogen-bond donors (Lipinski definition) is 0. The molecule has 0 saturated heterocycles. The van der Waals surface area contributed by atoms with Gasteiger partial charge >= 0.3 is 0 Å². The number of hydrogen-bond acceptors (Lipinski definition) is 7. The van der Waals surface area contributed by atoms with E-state index in [4.69, 9.17) is 9.84 Å². The number of nitrogens with zero attached hydrogens (tertiary/aromatic N) is 8. The molecule has 30 heavy (non-hydrogen) atoms. The molecule has 0 fully saturated rings. The number of benzene rings is 1. The van der Waals surface area contributed by atoms with Crippen molar-refractivity contribution in [1.29, 1.82) is 0 Å². The van der Waals surface area contributed by atoms with E-state index in [1.165, 1.54) is 0 Å². The first kappa shape index (κ1) is 17.9. The molecule has 1 aromatic carbocycles. The normalized spacial score (nSPS) is 11.1. The molecule has 0 spiro atoms. The van der Waals surface area contributed by atoms with Crippen LogP contribution in [0.15, 0.2) is 61.2 Å². The van der Waals surface area contributed by atoms with Crippen LogP contribution in [0.25, 0.3) is 28.3 Å². The highest BCUT2D eigenvalue weighted by molar-refractivity contribution is 5.59. The molecule has 0 aliphatic heterocycles. The lowest BCUT2D eigenvalue weighted by Crippen LogP contribution is -2.01. The lowest BCUT2D eigenvalue weighted by atomic mass is 10.1. The Balaban J connectivity index is 1.46. The standard InChI is InChI=1S/C21H18N8O/c1-28-13-16(10-24-28)18-6-7-19-25-26-20(29(19)27-18)9-14-4-3-5-15(8-14)21-22-11-17(30-2)12-23-21/h3-8,10-13H,9H2,1-2H3. The summed E-state index contributed by atoms with van der Waals surface area (Å²) in [6.07, 6.45) is 7.61. The number of aromatic nitrogens is 8. The average Bonchev–Trinajstić information content (AvgIpc) is 3.40. The van der Waals surface area contributed by atoms with Crippen molar-refractivity contribution in [3.8, 4) is 28.4 Å². The Morgan fingerprint density at radius 1 is 0.967 bits per heavy atom. The number of methoxy groups -OCH3 is 1. The molecular formula is C21H18N8O. The first-order valence-electron chi connectivity index (χ1n) is 9.35. The van der Waals surface area contributed by atoms with Gasteiger partial charge in [-0.15, -0.1) is 10.2 Å². The van der Waals surface area contributed by atoms with Crippen molar-refractivity contribution >= 4 is 5.65 Å². The predicted octanol–water partition coefficient (Wildman–Crippen LogP) is 2.58. The van der Waals surface area contributed by atoms with Crippen molar-refractivity contribution in [3.63, 3.8) is 0 Å². The third kappa shape index (κ3) is 3.37. The minimum Gasteiger partial charge on any atom is -0.494 e. The van der Waals surface area contributed by atoms with Crippen LogP contribution in [0.2, 0.25) is 0 Å². The molecule has 0 aliphatic rings. The molecule has 0 bridgehead atoms. The Morgan fingerprint density at radius 2 is 1.83 bits per heavy atom. The molecule has 4 heterocycles. The van der Waals surface area contributed by atoms with Gasteiger partial charge in [0.15, 0.2) is 23.0 Å². The number of rotatable bonds is 5. The summed E-state index contributed by atoms with van der Waals surface area (Å²) in [5.41, 5.74) is 4.45. The highest BCUT2D eigenvalue weighted by Gasteiger charge is 2.11. The van der Waals surface area contributed by atoms with Crippen LogP contribution in [0.5, 0.6) is 5.75 Å². The molecule has 0 radical (unpaired) electrons. The highest BCUT2D eigenvalue weighted by atomic mass is 16.5. The zero-order valence-corrected chi connectivity index (χ0v) is 16.5. The van der Waals surface area contributed by atoms with Crippen LogP contribution in [0.4, 0.5) is 0 Å². The summed E-state index contributed by atoms with van der Waals surface area (Å²) in [5.74, 6) is 2.02. The van der Waals surface area contributed by atoms with Crippen molar-refractivity contribution in [3.05, 3.63) is 72.6 Å². The van der Waals surface area contributed by atoms with Gasteiger partial charge in [0.1, 0.15) is 0 Å². The van der Waals surface area contributed by atoms with Crippen LogP contribution in [-0.4, -0.2) is 46.7 Å². The van der Waals surface area contributed by atoms with E-state index in [9.17, 15) is 0 Å².